The summed E-state index contributed by atoms with van der Waals surface area (Å²) in [5.74, 6) is -1.03. The lowest BCUT2D eigenvalue weighted by Gasteiger charge is -2.08. The third-order valence-corrected chi connectivity index (χ3v) is 5.58. The first kappa shape index (κ1) is 19.6. The number of nitrogens with one attached hydrogen (secondary N) is 3. The second-order valence-corrected chi connectivity index (χ2v) is 8.05. The largest absolute Gasteiger partial charge is 0.365 e. The van der Waals surface area contributed by atoms with Gasteiger partial charge in [0, 0.05) is 18.3 Å². The van der Waals surface area contributed by atoms with Crippen molar-refractivity contribution < 1.29 is 27.4 Å². The maximum atomic E-state index is 13.2. The fourth-order valence-corrected chi connectivity index (χ4v) is 3.82. The number of hydroxylamine groups is 1. The maximum absolute atomic E-state index is 13.2. The van der Waals surface area contributed by atoms with Crippen molar-refractivity contribution in [2.24, 2.45) is 0 Å². The van der Waals surface area contributed by atoms with Crippen LogP contribution >= 0.6 is 15.9 Å². The molecule has 0 aliphatic carbocycles. The zero-order valence-electron chi connectivity index (χ0n) is 13.5. The minimum atomic E-state index is -3.85. The van der Waals surface area contributed by atoms with Crippen LogP contribution in [0.4, 0.5) is 15.9 Å². The fraction of sp³-hybridized carbons (Fsp3) is 0.308. The van der Waals surface area contributed by atoms with Crippen molar-refractivity contribution in [3.05, 3.63) is 34.2 Å². The van der Waals surface area contributed by atoms with E-state index in [2.05, 4.69) is 46.2 Å². The molecule has 1 unspecified atom stereocenters. The summed E-state index contributed by atoms with van der Waals surface area (Å²) in [7, 11) is -3.85. The highest BCUT2D eigenvalue weighted by Crippen LogP contribution is 2.21. The van der Waals surface area contributed by atoms with Crippen LogP contribution in [-0.2, 0) is 10.2 Å². The molecule has 1 atom stereocenters. The summed E-state index contributed by atoms with van der Waals surface area (Å²) < 4.78 is 43.2. The van der Waals surface area contributed by atoms with E-state index >= 15 is 0 Å². The summed E-state index contributed by atoms with van der Waals surface area (Å²) in [5.41, 5.74) is 0.219. The molecule has 2 heterocycles. The van der Waals surface area contributed by atoms with E-state index in [9.17, 15) is 22.8 Å². The topological polar surface area (TPSA) is 150 Å². The van der Waals surface area contributed by atoms with Crippen LogP contribution in [0.2, 0.25) is 0 Å². The molecule has 0 saturated carbocycles. The van der Waals surface area contributed by atoms with Gasteiger partial charge in [0.15, 0.2) is 0 Å². The Morgan fingerprint density at radius 2 is 2.26 bits per heavy atom. The summed E-state index contributed by atoms with van der Waals surface area (Å²) in [4.78, 5) is 12.3. The molecule has 2 aromatic rings. The first-order valence-electron chi connectivity index (χ1n) is 7.58. The van der Waals surface area contributed by atoms with Crippen molar-refractivity contribution in [2.45, 2.75) is 12.5 Å². The number of benzene rings is 1. The molecule has 146 valence electrons. The monoisotopic (exact) mass is 464 g/mol. The molecule has 4 N–H and O–H groups in total. The Balaban J connectivity index is 1.57. The highest BCUT2D eigenvalue weighted by Gasteiger charge is 2.34. The van der Waals surface area contributed by atoms with Crippen LogP contribution in [-0.4, -0.2) is 53.4 Å². The minimum absolute atomic E-state index is 0.0652. The molecule has 14 heteroatoms. The van der Waals surface area contributed by atoms with Gasteiger partial charge < -0.3 is 10.6 Å². The van der Waals surface area contributed by atoms with E-state index in [1.807, 2.05) is 0 Å². The fourth-order valence-electron chi connectivity index (χ4n) is 2.33. The normalized spacial score (nSPS) is 19.1. The summed E-state index contributed by atoms with van der Waals surface area (Å²) in [6.07, 6.45) is 0.315. The lowest BCUT2D eigenvalue weighted by molar-refractivity contribution is 0.0101. The first-order chi connectivity index (χ1) is 12.8. The van der Waals surface area contributed by atoms with E-state index < -0.39 is 28.0 Å². The van der Waals surface area contributed by atoms with Gasteiger partial charge in [-0.3, -0.25) is 10.0 Å². The van der Waals surface area contributed by atoms with Gasteiger partial charge in [-0.1, -0.05) is 4.47 Å². The molecule has 0 spiro atoms. The number of carbonyl (C=O) groups is 1. The van der Waals surface area contributed by atoms with E-state index in [1.54, 1.807) is 0 Å². The molecule has 0 bridgehead atoms. The molecule has 27 heavy (non-hydrogen) atoms. The molecule has 1 saturated heterocycles. The van der Waals surface area contributed by atoms with Gasteiger partial charge in [-0.05, 0) is 50.9 Å². The molecule has 1 aliphatic rings. The second kappa shape index (κ2) is 7.85. The quantitative estimate of drug-likeness (QED) is 0.492. The summed E-state index contributed by atoms with van der Waals surface area (Å²) in [5, 5.41) is 21.7. The summed E-state index contributed by atoms with van der Waals surface area (Å²) in [6, 6.07) is 3.46. The van der Waals surface area contributed by atoms with E-state index in [1.165, 1.54) is 18.2 Å². The second-order valence-electron chi connectivity index (χ2n) is 5.58. The molecular formula is C13H14BrFN6O5S. The SMILES string of the molecule is O=C(Nc1ccc(F)c(Br)c1)c1nonc1NCCC1CN(O)S(=O)(=O)N1. The van der Waals surface area contributed by atoms with E-state index in [-0.39, 0.29) is 33.5 Å². The number of halogens is 2. The number of hydrogen-bond acceptors (Lipinski definition) is 8. The third-order valence-electron chi connectivity index (χ3n) is 3.64. The highest BCUT2D eigenvalue weighted by atomic mass is 79.9. The summed E-state index contributed by atoms with van der Waals surface area (Å²) in [6.45, 7) is 0.144. The molecule has 1 aliphatic heterocycles. The number of carbonyl (C=O) groups excluding carboxylic acids is 1. The van der Waals surface area contributed by atoms with Crippen molar-refractivity contribution in [2.75, 3.05) is 23.7 Å². The van der Waals surface area contributed by atoms with Crippen LogP contribution in [0.25, 0.3) is 0 Å². The molecular weight excluding hydrogens is 451 g/mol. The molecule has 11 nitrogen and oxygen atoms in total. The van der Waals surface area contributed by atoms with E-state index in [0.717, 1.165) is 0 Å². The predicted octanol–water partition coefficient (Wildman–Crippen LogP) is 0.933. The van der Waals surface area contributed by atoms with Crippen molar-refractivity contribution in [3.63, 3.8) is 0 Å². The average molecular weight is 465 g/mol. The molecule has 3 rings (SSSR count). The Morgan fingerprint density at radius 3 is 2.93 bits per heavy atom. The lowest BCUT2D eigenvalue weighted by Crippen LogP contribution is -2.29. The van der Waals surface area contributed by atoms with Crippen LogP contribution in [0.1, 0.15) is 16.9 Å². The van der Waals surface area contributed by atoms with Gasteiger partial charge in [-0.2, -0.15) is 13.1 Å². The van der Waals surface area contributed by atoms with Crippen LogP contribution in [0.3, 0.4) is 0 Å². The van der Waals surface area contributed by atoms with Crippen molar-refractivity contribution in [1.29, 1.82) is 0 Å². The number of amides is 1. The van der Waals surface area contributed by atoms with E-state index in [4.69, 9.17) is 0 Å². The van der Waals surface area contributed by atoms with Crippen LogP contribution in [0, 0.1) is 5.82 Å². The molecule has 1 aromatic carbocycles. The predicted molar refractivity (Wildman–Crippen MR) is 93.8 cm³/mol. The van der Waals surface area contributed by atoms with Crippen molar-refractivity contribution in [3.8, 4) is 0 Å². The third kappa shape index (κ3) is 4.59. The molecule has 1 fully saturated rings. The van der Waals surface area contributed by atoms with Gasteiger partial charge in [-0.15, -0.1) is 0 Å². The van der Waals surface area contributed by atoms with Gasteiger partial charge in [0.2, 0.25) is 11.5 Å². The minimum Gasteiger partial charge on any atom is -0.365 e. The Morgan fingerprint density at radius 1 is 1.48 bits per heavy atom. The molecule has 1 amide bonds. The van der Waals surface area contributed by atoms with Crippen LogP contribution in [0.15, 0.2) is 27.3 Å². The zero-order valence-corrected chi connectivity index (χ0v) is 15.9. The standard InChI is InChI=1S/C13H14BrFN6O5S/c14-9-5-7(1-2-10(9)15)17-13(22)11-12(19-26-18-11)16-4-3-8-6-21(23)27(24,25)20-8/h1-2,5,8,20,23H,3-4,6H2,(H,16,19)(H,17,22). The Hall–Kier alpha value is -2.13. The van der Waals surface area contributed by atoms with Gasteiger partial charge in [0.25, 0.3) is 5.91 Å². The van der Waals surface area contributed by atoms with Gasteiger partial charge >= 0.3 is 10.2 Å². The maximum Gasteiger partial charge on any atom is 0.301 e. The zero-order chi connectivity index (χ0) is 19.6. The van der Waals surface area contributed by atoms with Crippen LogP contribution < -0.4 is 15.4 Å². The lowest BCUT2D eigenvalue weighted by atomic mass is 10.2. The van der Waals surface area contributed by atoms with Crippen LogP contribution in [0.5, 0.6) is 0 Å². The van der Waals surface area contributed by atoms with Gasteiger partial charge in [0.1, 0.15) is 5.82 Å². The first-order valence-corrected chi connectivity index (χ1v) is 9.81. The highest BCUT2D eigenvalue weighted by molar-refractivity contribution is 9.10. The Labute approximate surface area is 161 Å². The Bertz CT molecular complexity index is 954. The van der Waals surface area contributed by atoms with Crippen molar-refractivity contribution in [1.82, 2.24) is 19.5 Å². The number of nitrogens with zero attached hydrogens (tertiary/aromatic N) is 3. The Kier molecular flexibility index (Phi) is 5.71. The average Bonchev–Trinajstić information content (AvgIpc) is 3.15. The van der Waals surface area contributed by atoms with Crippen molar-refractivity contribution >= 4 is 43.6 Å². The smallest absolute Gasteiger partial charge is 0.301 e. The molecule has 1 aromatic heterocycles. The van der Waals surface area contributed by atoms with Gasteiger partial charge in [0.05, 0.1) is 11.0 Å². The number of anilines is 2. The van der Waals surface area contributed by atoms with Gasteiger partial charge in [-0.25, -0.2) is 9.02 Å². The molecule has 0 radical (unpaired) electrons. The summed E-state index contributed by atoms with van der Waals surface area (Å²) >= 11 is 3.02. The number of rotatable bonds is 6. The number of aromatic nitrogens is 2. The van der Waals surface area contributed by atoms with E-state index in [0.29, 0.717) is 12.1 Å². The number of hydrogen-bond donors (Lipinski definition) is 4.